The fourth-order valence-corrected chi connectivity index (χ4v) is 1.95. The van der Waals surface area contributed by atoms with Crippen LogP contribution in [0.1, 0.15) is 24.8 Å². The predicted molar refractivity (Wildman–Crippen MR) is 72.3 cm³/mol. The summed E-state index contributed by atoms with van der Waals surface area (Å²) in [6, 6.07) is 13.8. The molecule has 3 nitrogen and oxygen atoms in total. The molecule has 1 atom stereocenters. The van der Waals surface area contributed by atoms with Crippen molar-refractivity contribution in [3.05, 3.63) is 60.0 Å². The second-order valence-corrected chi connectivity index (χ2v) is 4.21. The molecule has 0 saturated carbocycles. The van der Waals surface area contributed by atoms with Crippen LogP contribution in [0.3, 0.4) is 0 Å². The number of anilines is 1. The van der Waals surface area contributed by atoms with Gasteiger partial charge in [0.05, 0.1) is 5.92 Å². The Labute approximate surface area is 111 Å². The van der Waals surface area contributed by atoms with E-state index in [0.29, 0.717) is 6.42 Å². The minimum Gasteiger partial charge on any atom is -0.310 e. The largest absolute Gasteiger partial charge is 0.310 e. The average molecular weight is 258 g/mol. The molecule has 0 aliphatic carbocycles. The number of hydrogen-bond acceptors (Lipinski definition) is 2. The van der Waals surface area contributed by atoms with Gasteiger partial charge in [0.1, 0.15) is 5.82 Å². The average Bonchev–Trinajstić information content (AvgIpc) is 2.41. The lowest BCUT2D eigenvalue weighted by Gasteiger charge is -2.14. The van der Waals surface area contributed by atoms with E-state index in [9.17, 15) is 9.18 Å². The van der Waals surface area contributed by atoms with Crippen LogP contribution in [0.2, 0.25) is 0 Å². The number of rotatable bonds is 4. The smallest absolute Gasteiger partial charge is 0.233 e. The van der Waals surface area contributed by atoms with Crippen LogP contribution in [0, 0.1) is 5.95 Å². The quantitative estimate of drug-likeness (QED) is 0.854. The first-order valence-corrected chi connectivity index (χ1v) is 6.19. The van der Waals surface area contributed by atoms with E-state index in [1.807, 2.05) is 37.3 Å². The molecule has 0 fully saturated rings. The molecule has 1 unspecified atom stereocenters. The number of nitrogens with one attached hydrogen (secondary N) is 1. The zero-order valence-corrected chi connectivity index (χ0v) is 10.6. The molecule has 0 aliphatic heterocycles. The van der Waals surface area contributed by atoms with Gasteiger partial charge in [-0.25, -0.2) is 4.98 Å². The molecule has 4 heteroatoms. The number of aromatic nitrogens is 1. The van der Waals surface area contributed by atoms with Gasteiger partial charge in [-0.3, -0.25) is 4.79 Å². The minimum atomic E-state index is -0.606. The van der Waals surface area contributed by atoms with Crippen LogP contribution >= 0.6 is 0 Å². The normalized spacial score (nSPS) is 11.9. The maximum absolute atomic E-state index is 13.0. The molecule has 2 rings (SSSR count). The van der Waals surface area contributed by atoms with Crippen LogP contribution in [0.4, 0.5) is 10.2 Å². The Balaban J connectivity index is 2.14. The summed E-state index contributed by atoms with van der Waals surface area (Å²) in [5, 5.41) is 2.64. The van der Waals surface area contributed by atoms with Crippen LogP contribution < -0.4 is 5.32 Å². The van der Waals surface area contributed by atoms with E-state index in [2.05, 4.69) is 10.3 Å². The van der Waals surface area contributed by atoms with Gasteiger partial charge in [-0.05, 0) is 24.1 Å². The SMILES string of the molecule is CCC(C(=O)Nc1cccc(F)n1)c1ccccc1. The Morgan fingerprint density at radius 3 is 2.58 bits per heavy atom. The lowest BCUT2D eigenvalue weighted by Crippen LogP contribution is -2.21. The Morgan fingerprint density at radius 2 is 1.95 bits per heavy atom. The third-order valence-electron chi connectivity index (χ3n) is 2.89. The van der Waals surface area contributed by atoms with Gasteiger partial charge in [0, 0.05) is 0 Å². The molecular formula is C15H15FN2O. The van der Waals surface area contributed by atoms with Gasteiger partial charge in [0.2, 0.25) is 11.9 Å². The molecule has 1 amide bonds. The fourth-order valence-electron chi connectivity index (χ4n) is 1.95. The molecule has 98 valence electrons. The monoisotopic (exact) mass is 258 g/mol. The number of nitrogens with zero attached hydrogens (tertiary/aromatic N) is 1. The van der Waals surface area contributed by atoms with Crippen LogP contribution in [-0.2, 0) is 4.79 Å². The van der Waals surface area contributed by atoms with Gasteiger partial charge in [-0.15, -0.1) is 0 Å². The number of amides is 1. The third kappa shape index (κ3) is 3.37. The first-order valence-electron chi connectivity index (χ1n) is 6.19. The van der Waals surface area contributed by atoms with Gasteiger partial charge >= 0.3 is 0 Å². The summed E-state index contributed by atoms with van der Waals surface area (Å²) in [6.45, 7) is 1.94. The molecule has 1 aromatic carbocycles. The van der Waals surface area contributed by atoms with Crippen molar-refractivity contribution in [2.45, 2.75) is 19.3 Å². The number of hydrogen-bond donors (Lipinski definition) is 1. The van der Waals surface area contributed by atoms with Gasteiger partial charge in [0.25, 0.3) is 0 Å². The van der Waals surface area contributed by atoms with Gasteiger partial charge < -0.3 is 5.32 Å². The molecule has 0 aliphatic rings. The summed E-state index contributed by atoms with van der Waals surface area (Å²) in [5.74, 6) is -0.803. The van der Waals surface area contributed by atoms with Crippen molar-refractivity contribution in [1.82, 2.24) is 4.98 Å². The van der Waals surface area contributed by atoms with Crippen LogP contribution in [-0.4, -0.2) is 10.9 Å². The zero-order chi connectivity index (χ0) is 13.7. The highest BCUT2D eigenvalue weighted by molar-refractivity contribution is 5.95. The van der Waals surface area contributed by atoms with Crippen LogP contribution in [0.5, 0.6) is 0 Å². The topological polar surface area (TPSA) is 42.0 Å². The van der Waals surface area contributed by atoms with E-state index >= 15 is 0 Å². The highest BCUT2D eigenvalue weighted by atomic mass is 19.1. The van der Waals surface area contributed by atoms with E-state index in [4.69, 9.17) is 0 Å². The van der Waals surface area contributed by atoms with Crippen molar-refractivity contribution in [3.8, 4) is 0 Å². The number of carbonyl (C=O) groups is 1. The van der Waals surface area contributed by atoms with Crippen molar-refractivity contribution < 1.29 is 9.18 Å². The lowest BCUT2D eigenvalue weighted by atomic mass is 9.96. The summed E-state index contributed by atoms with van der Waals surface area (Å²) in [7, 11) is 0. The maximum Gasteiger partial charge on any atom is 0.233 e. The number of pyridine rings is 1. The van der Waals surface area contributed by atoms with E-state index < -0.39 is 5.95 Å². The number of carbonyl (C=O) groups excluding carboxylic acids is 1. The van der Waals surface area contributed by atoms with E-state index in [1.165, 1.54) is 12.1 Å². The number of benzene rings is 1. The summed E-state index contributed by atoms with van der Waals surface area (Å²) >= 11 is 0. The second kappa shape index (κ2) is 6.09. The lowest BCUT2D eigenvalue weighted by molar-refractivity contribution is -0.117. The Kier molecular flexibility index (Phi) is 4.23. The minimum absolute atomic E-state index is 0.174. The van der Waals surface area contributed by atoms with Crippen LogP contribution in [0.15, 0.2) is 48.5 Å². The standard InChI is InChI=1S/C15H15FN2O/c1-2-12(11-7-4-3-5-8-11)15(19)18-14-10-6-9-13(16)17-14/h3-10,12H,2H2,1H3,(H,17,18,19). The Hall–Kier alpha value is -2.23. The molecular weight excluding hydrogens is 243 g/mol. The third-order valence-corrected chi connectivity index (χ3v) is 2.89. The molecule has 0 spiro atoms. The first-order chi connectivity index (χ1) is 9.20. The van der Waals surface area contributed by atoms with E-state index in [1.54, 1.807) is 6.07 Å². The fraction of sp³-hybridized carbons (Fsp3) is 0.200. The highest BCUT2D eigenvalue weighted by Crippen LogP contribution is 2.20. The van der Waals surface area contributed by atoms with E-state index in [0.717, 1.165) is 5.56 Å². The van der Waals surface area contributed by atoms with Gasteiger partial charge in [-0.2, -0.15) is 4.39 Å². The van der Waals surface area contributed by atoms with Crippen molar-refractivity contribution in [2.24, 2.45) is 0 Å². The van der Waals surface area contributed by atoms with Crippen molar-refractivity contribution in [3.63, 3.8) is 0 Å². The molecule has 2 aromatic rings. The molecule has 1 heterocycles. The number of halogens is 1. The van der Waals surface area contributed by atoms with Crippen molar-refractivity contribution >= 4 is 11.7 Å². The summed E-state index contributed by atoms with van der Waals surface area (Å²) in [5.41, 5.74) is 0.943. The summed E-state index contributed by atoms with van der Waals surface area (Å²) in [6.07, 6.45) is 0.672. The van der Waals surface area contributed by atoms with Gasteiger partial charge in [0.15, 0.2) is 0 Å². The maximum atomic E-state index is 13.0. The summed E-state index contributed by atoms with van der Waals surface area (Å²) < 4.78 is 13.0. The molecule has 1 N–H and O–H groups in total. The second-order valence-electron chi connectivity index (χ2n) is 4.21. The highest BCUT2D eigenvalue weighted by Gasteiger charge is 2.18. The first kappa shape index (κ1) is 13.2. The van der Waals surface area contributed by atoms with E-state index in [-0.39, 0.29) is 17.6 Å². The van der Waals surface area contributed by atoms with Crippen LogP contribution in [0.25, 0.3) is 0 Å². The molecule has 19 heavy (non-hydrogen) atoms. The molecule has 0 bridgehead atoms. The van der Waals surface area contributed by atoms with Gasteiger partial charge in [-0.1, -0.05) is 43.3 Å². The predicted octanol–water partition coefficient (Wildman–Crippen LogP) is 3.35. The molecule has 1 aromatic heterocycles. The van der Waals surface area contributed by atoms with Crippen molar-refractivity contribution in [1.29, 1.82) is 0 Å². The Bertz CT molecular complexity index is 557. The zero-order valence-electron chi connectivity index (χ0n) is 10.6. The Morgan fingerprint density at radius 1 is 1.21 bits per heavy atom. The van der Waals surface area contributed by atoms with Crippen molar-refractivity contribution in [2.75, 3.05) is 5.32 Å². The summed E-state index contributed by atoms with van der Waals surface area (Å²) in [4.78, 5) is 15.8. The molecule has 0 saturated heterocycles. The molecule has 0 radical (unpaired) electrons.